The van der Waals surface area contributed by atoms with Crippen LogP contribution in [0.4, 0.5) is 4.39 Å². The van der Waals surface area contributed by atoms with E-state index in [1.807, 2.05) is 126 Å². The first kappa shape index (κ1) is 104. The van der Waals surface area contributed by atoms with Gasteiger partial charge in [-0.1, -0.05) is 27.5 Å². The molecule has 6 aromatic carbocycles. The summed E-state index contributed by atoms with van der Waals surface area (Å²) in [5.41, 5.74) is -0.652. The molecule has 6 heterocycles. The molecule has 0 atom stereocenters. The Kier molecular flexibility index (Phi) is 42.5. The number of piperidine rings is 6. The van der Waals surface area contributed by atoms with Crippen LogP contribution in [0, 0.1) is 62.7 Å². The maximum atomic E-state index is 13.7. The molecule has 0 amide bonds. The molecule has 30 heteroatoms. The van der Waals surface area contributed by atoms with Crippen LogP contribution in [0.1, 0.15) is 222 Å². The molecular weight excluding hydrogens is 2360 g/mol. The van der Waals surface area contributed by atoms with Crippen molar-refractivity contribution in [1.29, 1.82) is 0 Å². The third-order valence-electron chi connectivity index (χ3n) is 23.6. The predicted molar refractivity (Wildman–Crippen MR) is 522 cm³/mol. The molecular formula is C90H122Br2ClFI6N6O14+6. The van der Waals surface area contributed by atoms with E-state index in [2.05, 4.69) is 199 Å². The number of nitrogens with two attached hydrogens (primary N) is 6. The van der Waals surface area contributed by atoms with Gasteiger partial charge in [-0.15, -0.1) is 0 Å². The predicted octanol–water partition coefficient (Wildman–Crippen LogP) is 14.9. The van der Waals surface area contributed by atoms with Crippen molar-refractivity contribution in [2.24, 2.45) is 35.5 Å². The van der Waals surface area contributed by atoms with Gasteiger partial charge in [-0.05, 0) is 344 Å². The molecule has 0 saturated carbocycles. The highest BCUT2D eigenvalue weighted by molar-refractivity contribution is 14.1. The van der Waals surface area contributed by atoms with E-state index in [9.17, 15) is 43.4 Å². The minimum Gasteiger partial charge on any atom is -0.507 e. The molecule has 0 aromatic heterocycles. The standard InChI is InChI=1S/2C15H19BrINO2.C15H19ClINO2.C15H19FINO2.2C15H20INO3/c1-15(2,11-3-5-18-6-4-11)20-14(19)10-7-12(16)9-13(17)8-10;3*1-15(2,10-5-7-18-8-6-10)20-14(19)12-9-11(17)3-4-13(12)16;1-15(2,10-5-7-17-8-6-10)20-14(19)12-9-11(16)3-4-13(12)18;1-15(2,10-5-7-17-8-6-10)20-14(19)12-4-3-11(16)9-13(12)18/h7-9,11,18H,3-6H2,1-2H3;3*3-4,9-10,18H,5-8H2,1-2H3;2*3-4,9-10,17-18H,5-8H2,1-2H3/p+6. The van der Waals surface area contributed by atoms with Crippen LogP contribution in [0.3, 0.4) is 0 Å². The van der Waals surface area contributed by atoms with Crippen LogP contribution >= 0.6 is 179 Å². The van der Waals surface area contributed by atoms with Gasteiger partial charge in [0.2, 0.25) is 0 Å². The van der Waals surface area contributed by atoms with Gasteiger partial charge >= 0.3 is 35.8 Å². The van der Waals surface area contributed by atoms with Crippen LogP contribution in [-0.4, -0.2) is 158 Å². The minimum atomic E-state index is -0.569. The number of quaternary nitrogens is 6. The van der Waals surface area contributed by atoms with Crippen molar-refractivity contribution in [2.75, 3.05) is 78.5 Å². The van der Waals surface area contributed by atoms with E-state index < -0.39 is 57.3 Å². The Hall–Kier alpha value is -2.94. The maximum absolute atomic E-state index is 13.7. The largest absolute Gasteiger partial charge is 0.507 e. The lowest BCUT2D eigenvalue weighted by Gasteiger charge is -2.35. The molecule has 0 spiro atoms. The summed E-state index contributed by atoms with van der Waals surface area (Å²) in [6, 6.07) is 31.1. The molecule has 120 heavy (non-hydrogen) atoms. The number of hydrogen-bond acceptors (Lipinski definition) is 14. The zero-order valence-electron chi connectivity index (χ0n) is 70.9. The lowest BCUT2D eigenvalue weighted by Crippen LogP contribution is -2.86. The van der Waals surface area contributed by atoms with Gasteiger partial charge in [0.15, 0.2) is 0 Å². The van der Waals surface area contributed by atoms with E-state index in [-0.39, 0.29) is 46.1 Å². The molecule has 6 aromatic rings. The molecule has 12 rings (SSSR count). The minimum absolute atomic E-state index is 0.0188. The van der Waals surface area contributed by atoms with Crippen LogP contribution in [-0.2, 0) is 28.4 Å². The summed E-state index contributed by atoms with van der Waals surface area (Å²) < 4.78 is 55.4. The second-order valence-electron chi connectivity index (χ2n) is 34.7. The van der Waals surface area contributed by atoms with Gasteiger partial charge in [0.1, 0.15) is 62.0 Å². The van der Waals surface area contributed by atoms with Crippen LogP contribution in [0.2, 0.25) is 5.02 Å². The normalized spacial score (nSPS) is 17.0. The molecule has 6 fully saturated rings. The average Bonchev–Trinajstić information content (AvgIpc) is 0.823. The highest BCUT2D eigenvalue weighted by Gasteiger charge is 2.42. The SMILES string of the molecule is CC(C)(OC(=O)c1cc(Br)cc(I)c1)C1CC[NH2+]CC1.CC(C)(OC(=O)c1cc(I)ccc1Br)C1CC[NH2+]CC1.CC(C)(OC(=O)c1cc(I)ccc1Cl)C1CC[NH2+]CC1.CC(C)(OC(=O)c1cc(I)ccc1F)C1CC[NH2+]CC1.CC(C)(OC(=O)c1cc(I)ccc1O)C1CC[NH2+]CC1.CC(C)(OC(=O)c1ccc(I)cc1O)C1CC[NH2+]CC1. The molecule has 0 radical (unpaired) electrons. The number of aromatic hydroxyl groups is 2. The zero-order chi connectivity index (χ0) is 88.5. The van der Waals surface area contributed by atoms with Gasteiger partial charge in [0.25, 0.3) is 0 Å². The molecule has 660 valence electrons. The number of carbonyl (C=O) groups is 6. The van der Waals surface area contributed by atoms with E-state index in [4.69, 9.17) is 40.0 Å². The monoisotopic (exact) mass is 2480 g/mol. The number of halogens is 10. The Morgan fingerprint density at radius 2 is 0.600 bits per heavy atom. The number of esters is 6. The Morgan fingerprint density at radius 1 is 0.325 bits per heavy atom. The van der Waals surface area contributed by atoms with Crippen molar-refractivity contribution in [3.8, 4) is 11.5 Å². The molecule has 0 aliphatic carbocycles. The Labute approximate surface area is 812 Å². The molecule has 6 aliphatic rings. The van der Waals surface area contributed by atoms with Crippen molar-refractivity contribution in [1.82, 2.24) is 0 Å². The summed E-state index contributed by atoms with van der Waals surface area (Å²) >= 11 is 25.8. The first-order valence-electron chi connectivity index (χ1n) is 41.5. The number of ether oxygens (including phenoxy) is 6. The number of benzene rings is 6. The Balaban J connectivity index is 0.000000198. The number of phenols is 2. The van der Waals surface area contributed by atoms with E-state index in [0.717, 1.165) is 186 Å². The van der Waals surface area contributed by atoms with E-state index in [0.29, 0.717) is 57.2 Å². The average molecular weight is 2490 g/mol. The van der Waals surface area contributed by atoms with Crippen LogP contribution in [0.25, 0.3) is 0 Å². The summed E-state index contributed by atoms with van der Waals surface area (Å²) in [6.07, 6.45) is 12.9. The van der Waals surface area contributed by atoms with Gasteiger partial charge in [-0.3, -0.25) is 0 Å². The Bertz CT molecular complexity index is 4030. The van der Waals surface area contributed by atoms with E-state index in [1.54, 1.807) is 48.5 Å². The Morgan fingerprint density at radius 3 is 0.967 bits per heavy atom. The summed E-state index contributed by atoms with van der Waals surface area (Å²) in [7, 11) is 0. The third-order valence-corrected chi connectivity index (χ3v) is 29.0. The van der Waals surface area contributed by atoms with Gasteiger partial charge < -0.3 is 70.5 Å². The molecule has 20 nitrogen and oxygen atoms in total. The lowest BCUT2D eigenvalue weighted by atomic mass is 9.83. The summed E-state index contributed by atoms with van der Waals surface area (Å²) in [5.74, 6) is -0.433. The van der Waals surface area contributed by atoms with Gasteiger partial charge in [-0.25, -0.2) is 33.2 Å². The fourth-order valence-electron chi connectivity index (χ4n) is 16.0. The van der Waals surface area contributed by atoms with Gasteiger partial charge in [0, 0.05) is 143 Å². The number of phenolic OH excluding ortho intramolecular Hbond substituents is 2. The second-order valence-corrected chi connectivity index (χ2v) is 44.3. The fourth-order valence-corrected chi connectivity index (χ4v) is 20.6. The first-order chi connectivity index (χ1) is 56.4. The lowest BCUT2D eigenvalue weighted by molar-refractivity contribution is -0.666. The van der Waals surface area contributed by atoms with Crippen molar-refractivity contribution >= 4 is 215 Å². The topological polar surface area (TPSA) is 298 Å². The number of hydrogen-bond donors (Lipinski definition) is 8. The second kappa shape index (κ2) is 49.0. The van der Waals surface area contributed by atoms with Crippen LogP contribution in [0.5, 0.6) is 11.5 Å². The molecule has 14 N–H and O–H groups in total. The van der Waals surface area contributed by atoms with Crippen LogP contribution in [0.15, 0.2) is 118 Å². The molecule has 6 aliphatic heterocycles. The highest BCUT2D eigenvalue weighted by Crippen LogP contribution is 2.38. The van der Waals surface area contributed by atoms with Gasteiger partial charge in [-0.2, -0.15) is 0 Å². The number of carbonyl (C=O) groups excluding carboxylic acids is 6. The number of rotatable bonds is 18. The smallest absolute Gasteiger partial charge is 0.342 e. The zero-order valence-corrected chi connectivity index (χ0v) is 87.7. The molecule has 6 saturated heterocycles. The summed E-state index contributed by atoms with van der Waals surface area (Å²) in [6.45, 7) is 37.0. The fraction of sp³-hybridized carbons (Fsp3) is 0.533. The first-order valence-corrected chi connectivity index (χ1v) is 49.9. The maximum Gasteiger partial charge on any atom is 0.342 e. The summed E-state index contributed by atoms with van der Waals surface area (Å²) in [4.78, 5) is 73.9. The third kappa shape index (κ3) is 33.3. The summed E-state index contributed by atoms with van der Waals surface area (Å²) in [5, 5.41) is 33.9. The van der Waals surface area contributed by atoms with Crippen molar-refractivity contribution in [3.05, 3.63) is 184 Å². The van der Waals surface area contributed by atoms with Crippen molar-refractivity contribution in [2.45, 2.75) is 194 Å². The highest BCUT2D eigenvalue weighted by atomic mass is 127. The molecule has 0 unspecified atom stereocenters. The van der Waals surface area contributed by atoms with E-state index in [1.165, 1.54) is 18.2 Å². The van der Waals surface area contributed by atoms with E-state index >= 15 is 0 Å². The van der Waals surface area contributed by atoms with Crippen molar-refractivity contribution < 1.29 is 104 Å². The van der Waals surface area contributed by atoms with Crippen molar-refractivity contribution in [3.63, 3.8) is 0 Å². The quantitative estimate of drug-likeness (QED) is 0.0226. The van der Waals surface area contributed by atoms with Gasteiger partial charge in [0.05, 0.1) is 106 Å². The van der Waals surface area contributed by atoms with Crippen LogP contribution < -0.4 is 31.9 Å². The molecule has 0 bridgehead atoms.